The lowest BCUT2D eigenvalue weighted by Crippen LogP contribution is -2.16. The van der Waals surface area contributed by atoms with Crippen LogP contribution in [0.2, 0.25) is 0 Å². The van der Waals surface area contributed by atoms with Crippen LogP contribution in [0.4, 0.5) is 9.80 Å². The van der Waals surface area contributed by atoms with Gasteiger partial charge in [-0.2, -0.15) is 5.26 Å². The Labute approximate surface area is 115 Å². The molecule has 0 aliphatic carbocycles. The van der Waals surface area contributed by atoms with Crippen LogP contribution in [0, 0.1) is 25.2 Å². The van der Waals surface area contributed by atoms with E-state index in [0.29, 0.717) is 16.3 Å². The summed E-state index contributed by atoms with van der Waals surface area (Å²) < 4.78 is 5.11. The molecule has 2 rings (SSSR count). The second kappa shape index (κ2) is 5.55. The SMILES string of the molecule is Cc1sc(NC(=O)Oc2ccccc2)c(C#N)c1C. The first kappa shape index (κ1) is 13.1. The molecule has 0 atom stereocenters. The van der Waals surface area contributed by atoms with Gasteiger partial charge in [0.25, 0.3) is 0 Å². The smallest absolute Gasteiger partial charge is 0.410 e. The topological polar surface area (TPSA) is 62.1 Å². The van der Waals surface area contributed by atoms with Gasteiger partial charge in [-0.1, -0.05) is 18.2 Å². The molecule has 5 heteroatoms. The Morgan fingerprint density at radius 3 is 2.63 bits per heavy atom. The lowest BCUT2D eigenvalue weighted by atomic mass is 10.2. The van der Waals surface area contributed by atoms with E-state index in [2.05, 4.69) is 11.4 Å². The van der Waals surface area contributed by atoms with E-state index in [1.807, 2.05) is 19.9 Å². The number of amides is 1. The zero-order valence-electron chi connectivity index (χ0n) is 10.6. The van der Waals surface area contributed by atoms with Gasteiger partial charge in [0.05, 0.1) is 5.56 Å². The molecule has 0 radical (unpaired) electrons. The van der Waals surface area contributed by atoms with Gasteiger partial charge in [0.2, 0.25) is 0 Å². The average Bonchev–Trinajstić information content (AvgIpc) is 2.65. The fourth-order valence-corrected chi connectivity index (χ4v) is 2.56. The molecule has 1 aromatic carbocycles. The maximum absolute atomic E-state index is 11.7. The van der Waals surface area contributed by atoms with Gasteiger partial charge in [-0.05, 0) is 31.5 Å². The lowest BCUT2D eigenvalue weighted by Gasteiger charge is -2.04. The zero-order valence-corrected chi connectivity index (χ0v) is 11.4. The minimum Gasteiger partial charge on any atom is -0.410 e. The Bertz CT molecular complexity index is 641. The highest BCUT2D eigenvalue weighted by Gasteiger charge is 2.15. The third-order valence-electron chi connectivity index (χ3n) is 2.67. The summed E-state index contributed by atoms with van der Waals surface area (Å²) in [7, 11) is 0. The van der Waals surface area contributed by atoms with E-state index in [-0.39, 0.29) is 0 Å². The molecule has 0 fully saturated rings. The van der Waals surface area contributed by atoms with E-state index < -0.39 is 6.09 Å². The van der Waals surface area contributed by atoms with Gasteiger partial charge >= 0.3 is 6.09 Å². The van der Waals surface area contributed by atoms with Crippen molar-refractivity contribution in [2.75, 3.05) is 5.32 Å². The number of para-hydroxylation sites is 1. The second-order valence-corrected chi connectivity index (χ2v) is 5.15. The molecule has 0 bridgehead atoms. The molecule has 0 aliphatic heterocycles. The first-order chi connectivity index (χ1) is 9.11. The number of nitrogens with one attached hydrogen (secondary N) is 1. The van der Waals surface area contributed by atoms with Crippen LogP contribution in [0.15, 0.2) is 30.3 Å². The minimum absolute atomic E-state index is 0.462. The predicted molar refractivity (Wildman–Crippen MR) is 74.6 cm³/mol. The van der Waals surface area contributed by atoms with Gasteiger partial charge in [0.15, 0.2) is 0 Å². The number of anilines is 1. The van der Waals surface area contributed by atoms with Gasteiger partial charge in [-0.25, -0.2) is 4.79 Å². The number of carbonyl (C=O) groups is 1. The van der Waals surface area contributed by atoms with Gasteiger partial charge in [-0.15, -0.1) is 11.3 Å². The largest absolute Gasteiger partial charge is 0.417 e. The van der Waals surface area contributed by atoms with Crippen molar-refractivity contribution in [3.05, 3.63) is 46.3 Å². The summed E-state index contributed by atoms with van der Waals surface area (Å²) in [6.45, 7) is 3.77. The van der Waals surface area contributed by atoms with Crippen molar-refractivity contribution in [3.63, 3.8) is 0 Å². The van der Waals surface area contributed by atoms with Crippen LogP contribution in [-0.4, -0.2) is 6.09 Å². The summed E-state index contributed by atoms with van der Waals surface area (Å²) >= 11 is 1.37. The van der Waals surface area contributed by atoms with Gasteiger partial charge in [-0.3, -0.25) is 5.32 Å². The summed E-state index contributed by atoms with van der Waals surface area (Å²) in [6, 6.07) is 10.9. The van der Waals surface area contributed by atoms with Crippen LogP contribution in [-0.2, 0) is 0 Å². The number of aryl methyl sites for hydroxylation is 1. The highest BCUT2D eigenvalue weighted by Crippen LogP contribution is 2.31. The molecule has 4 nitrogen and oxygen atoms in total. The zero-order chi connectivity index (χ0) is 13.8. The maximum Gasteiger partial charge on any atom is 0.417 e. The van der Waals surface area contributed by atoms with E-state index in [0.717, 1.165) is 10.4 Å². The van der Waals surface area contributed by atoms with E-state index in [1.54, 1.807) is 24.3 Å². The molecule has 1 N–H and O–H groups in total. The molecule has 1 aromatic heterocycles. The summed E-state index contributed by atoms with van der Waals surface area (Å²) in [5, 5.41) is 12.2. The summed E-state index contributed by atoms with van der Waals surface area (Å²) in [5.74, 6) is 0.462. The molecule has 1 amide bonds. The third kappa shape index (κ3) is 2.92. The van der Waals surface area contributed by atoms with Gasteiger partial charge < -0.3 is 4.74 Å². The third-order valence-corrected chi connectivity index (χ3v) is 3.79. The molecule has 0 saturated carbocycles. The molecule has 0 spiro atoms. The fourth-order valence-electron chi connectivity index (χ4n) is 1.56. The number of nitrogens with zero attached hydrogens (tertiary/aromatic N) is 1. The van der Waals surface area contributed by atoms with E-state index in [1.165, 1.54) is 11.3 Å². The van der Waals surface area contributed by atoms with Crippen LogP contribution >= 0.6 is 11.3 Å². The highest BCUT2D eigenvalue weighted by molar-refractivity contribution is 7.16. The Morgan fingerprint density at radius 2 is 2.00 bits per heavy atom. The molecule has 1 heterocycles. The Balaban J connectivity index is 2.12. The van der Waals surface area contributed by atoms with Crippen molar-refractivity contribution >= 4 is 22.4 Å². The van der Waals surface area contributed by atoms with Crippen LogP contribution in [0.1, 0.15) is 16.0 Å². The van der Waals surface area contributed by atoms with Crippen molar-refractivity contribution in [1.29, 1.82) is 5.26 Å². The van der Waals surface area contributed by atoms with Gasteiger partial charge in [0, 0.05) is 4.88 Å². The molecular formula is C14H12N2O2S. The van der Waals surface area contributed by atoms with Crippen LogP contribution in [0.3, 0.4) is 0 Å². The minimum atomic E-state index is -0.594. The number of ether oxygens (including phenoxy) is 1. The number of benzene rings is 1. The number of carbonyl (C=O) groups excluding carboxylic acids is 1. The summed E-state index contributed by atoms with van der Waals surface area (Å²) in [5.41, 5.74) is 1.38. The van der Waals surface area contributed by atoms with Crippen molar-refractivity contribution in [2.24, 2.45) is 0 Å². The van der Waals surface area contributed by atoms with E-state index in [4.69, 9.17) is 10.00 Å². The number of hydrogen-bond donors (Lipinski definition) is 1. The van der Waals surface area contributed by atoms with E-state index in [9.17, 15) is 4.79 Å². The van der Waals surface area contributed by atoms with Crippen LogP contribution in [0.5, 0.6) is 5.75 Å². The number of thiophene rings is 1. The maximum atomic E-state index is 11.7. The van der Waals surface area contributed by atoms with E-state index >= 15 is 0 Å². The molecule has 2 aromatic rings. The number of hydrogen-bond acceptors (Lipinski definition) is 4. The molecular weight excluding hydrogens is 260 g/mol. The normalized spacial score (nSPS) is 9.74. The Morgan fingerprint density at radius 1 is 1.32 bits per heavy atom. The van der Waals surface area contributed by atoms with Crippen LogP contribution in [0.25, 0.3) is 0 Å². The first-order valence-electron chi connectivity index (χ1n) is 5.65. The highest BCUT2D eigenvalue weighted by atomic mass is 32.1. The summed E-state index contributed by atoms with van der Waals surface area (Å²) in [6.07, 6.45) is -0.594. The summed E-state index contributed by atoms with van der Waals surface area (Å²) in [4.78, 5) is 12.7. The van der Waals surface area contributed by atoms with Gasteiger partial charge in [0.1, 0.15) is 16.8 Å². The Hall–Kier alpha value is -2.32. The molecule has 19 heavy (non-hydrogen) atoms. The molecule has 96 valence electrons. The van der Waals surface area contributed by atoms with Crippen molar-refractivity contribution in [1.82, 2.24) is 0 Å². The number of rotatable bonds is 2. The average molecular weight is 272 g/mol. The Kier molecular flexibility index (Phi) is 3.83. The monoisotopic (exact) mass is 272 g/mol. The predicted octanol–water partition coefficient (Wildman–Crippen LogP) is 3.85. The van der Waals surface area contributed by atoms with Crippen molar-refractivity contribution in [2.45, 2.75) is 13.8 Å². The van der Waals surface area contributed by atoms with Crippen molar-refractivity contribution in [3.8, 4) is 11.8 Å². The first-order valence-corrected chi connectivity index (χ1v) is 6.47. The second-order valence-electron chi connectivity index (χ2n) is 3.93. The fraction of sp³-hybridized carbons (Fsp3) is 0.143. The van der Waals surface area contributed by atoms with Crippen molar-refractivity contribution < 1.29 is 9.53 Å². The molecule has 0 saturated heterocycles. The number of nitriles is 1. The quantitative estimate of drug-likeness (QED) is 0.903. The van der Waals surface area contributed by atoms with Crippen LogP contribution < -0.4 is 10.1 Å². The lowest BCUT2D eigenvalue weighted by molar-refractivity contribution is 0.215. The molecule has 0 aliphatic rings. The molecule has 0 unspecified atom stereocenters. The standard InChI is InChI=1S/C14H12N2O2S/c1-9-10(2)19-13(12(9)8-15)16-14(17)18-11-6-4-3-5-7-11/h3-7H,1-2H3,(H,16,17).